The average Bonchev–Trinajstić information content (AvgIpc) is 2.05. The van der Waals surface area contributed by atoms with Crippen LogP contribution in [0.5, 0.6) is 0 Å². The molecule has 0 heterocycles. The van der Waals surface area contributed by atoms with Gasteiger partial charge in [0.1, 0.15) is 19.8 Å². The normalized spacial score (nSPS) is 11.3. The lowest BCUT2D eigenvalue weighted by Gasteiger charge is -2.05. The lowest BCUT2D eigenvalue weighted by molar-refractivity contribution is -0.500. The van der Waals surface area contributed by atoms with Gasteiger partial charge in [-0.1, -0.05) is 18.2 Å². The van der Waals surface area contributed by atoms with Crippen LogP contribution in [-0.2, 0) is 0 Å². The van der Waals surface area contributed by atoms with Gasteiger partial charge in [0.2, 0.25) is 0 Å². The van der Waals surface area contributed by atoms with Gasteiger partial charge in [-0.05, 0) is 12.1 Å². The zero-order valence-corrected chi connectivity index (χ0v) is 7.14. The molecule has 12 heavy (non-hydrogen) atoms. The van der Waals surface area contributed by atoms with E-state index in [1.54, 1.807) is 7.05 Å². The Hall–Kier alpha value is -1.58. The van der Waals surface area contributed by atoms with Crippen molar-refractivity contribution >= 4 is 5.69 Å². The number of hydrogen-bond donors (Lipinski definition) is 0. The number of hydrogen-bond acceptors (Lipinski definition) is 2. The van der Waals surface area contributed by atoms with E-state index in [9.17, 15) is 5.21 Å². The zero-order chi connectivity index (χ0) is 8.97. The smallest absolute Gasteiger partial charge is 0.149 e. The fourth-order valence-corrected chi connectivity index (χ4v) is 0.884. The fraction of sp³-hybridized carbons (Fsp3) is 0.250. The molecule has 0 bridgehead atoms. The lowest BCUT2D eigenvalue weighted by Crippen LogP contribution is -2.11. The number of anilines is 1. The highest BCUT2D eigenvalue weighted by Crippen LogP contribution is 2.10. The van der Waals surface area contributed by atoms with Crippen LogP contribution < -0.4 is 5.01 Å². The van der Waals surface area contributed by atoms with Crippen LogP contribution in [0.2, 0.25) is 0 Å². The van der Waals surface area contributed by atoms with Crippen molar-refractivity contribution < 1.29 is 4.86 Å². The Kier molecular flexibility index (Phi) is 2.63. The topological polar surface area (TPSA) is 41.7 Å². The molecule has 4 heteroatoms. The second-order valence-corrected chi connectivity index (χ2v) is 2.41. The molecule has 0 atom stereocenters. The third-order valence-corrected chi connectivity index (χ3v) is 1.39. The third kappa shape index (κ3) is 2.23. The molecule has 1 rings (SSSR count). The molecule has 0 N–H and O–H groups in total. The highest BCUT2D eigenvalue weighted by Gasteiger charge is 2.02. The summed E-state index contributed by atoms with van der Waals surface area (Å²) in [7, 11) is 3.07. The molecule has 0 amide bonds. The summed E-state index contributed by atoms with van der Waals surface area (Å²) in [5, 5.41) is 15.7. The monoisotopic (exact) mass is 165 g/mol. The molecule has 0 aliphatic carbocycles. The minimum atomic E-state index is 0.521. The van der Waals surface area contributed by atoms with Crippen molar-refractivity contribution in [2.75, 3.05) is 19.1 Å². The first-order valence-corrected chi connectivity index (χ1v) is 3.61. The molecule has 1 aromatic rings. The van der Waals surface area contributed by atoms with Crippen LogP contribution in [0.4, 0.5) is 5.69 Å². The van der Waals surface area contributed by atoms with E-state index >= 15 is 0 Å². The average molecular weight is 165 g/mol. The van der Waals surface area contributed by atoms with Crippen molar-refractivity contribution in [2.24, 2.45) is 5.22 Å². The number of nitrogens with zero attached hydrogens (tertiary/aromatic N) is 3. The number of benzene rings is 1. The Labute approximate surface area is 71.3 Å². The van der Waals surface area contributed by atoms with Gasteiger partial charge in [-0.15, -0.1) is 5.01 Å². The highest BCUT2D eigenvalue weighted by atomic mass is 16.5. The summed E-state index contributed by atoms with van der Waals surface area (Å²) in [5.74, 6) is 0. The van der Waals surface area contributed by atoms with Gasteiger partial charge in [0.15, 0.2) is 0 Å². The van der Waals surface area contributed by atoms with Gasteiger partial charge in [0, 0.05) is 0 Å². The molecule has 0 spiro atoms. The third-order valence-electron chi connectivity index (χ3n) is 1.39. The zero-order valence-electron chi connectivity index (χ0n) is 7.14. The summed E-state index contributed by atoms with van der Waals surface area (Å²) in [6, 6.07) is 9.47. The van der Waals surface area contributed by atoms with E-state index in [4.69, 9.17) is 0 Å². The molecule has 1 aromatic carbocycles. The fourth-order valence-electron chi connectivity index (χ4n) is 0.884. The van der Waals surface area contributed by atoms with Crippen molar-refractivity contribution in [3.63, 3.8) is 0 Å². The summed E-state index contributed by atoms with van der Waals surface area (Å²) < 4.78 is 0. The van der Waals surface area contributed by atoms with E-state index in [1.165, 1.54) is 12.1 Å². The SMILES string of the molecule is CN(/N=[N+](/C)[O-])c1ccccc1. The van der Waals surface area contributed by atoms with Gasteiger partial charge in [-0.2, -0.15) is 4.86 Å². The van der Waals surface area contributed by atoms with Gasteiger partial charge in [0.05, 0.1) is 5.22 Å². The number of rotatable bonds is 2. The van der Waals surface area contributed by atoms with Gasteiger partial charge in [-0.3, -0.25) is 0 Å². The van der Waals surface area contributed by atoms with Crippen LogP contribution in [-0.4, -0.2) is 19.0 Å². The minimum absolute atomic E-state index is 0.521. The molecule has 4 nitrogen and oxygen atoms in total. The molecule has 64 valence electrons. The van der Waals surface area contributed by atoms with Crippen LogP contribution in [0.25, 0.3) is 0 Å². The molecule has 0 radical (unpaired) electrons. The Morgan fingerprint density at radius 3 is 2.42 bits per heavy atom. The van der Waals surface area contributed by atoms with E-state index in [-0.39, 0.29) is 0 Å². The summed E-state index contributed by atoms with van der Waals surface area (Å²) in [6.07, 6.45) is 0. The molecule has 0 saturated heterocycles. The van der Waals surface area contributed by atoms with Crippen molar-refractivity contribution in [3.8, 4) is 0 Å². The lowest BCUT2D eigenvalue weighted by atomic mass is 10.3. The predicted molar refractivity (Wildman–Crippen MR) is 46.8 cm³/mol. The Bertz CT molecular complexity index is 267. The molecule has 0 fully saturated rings. The van der Waals surface area contributed by atoms with Gasteiger partial charge < -0.3 is 5.21 Å². The van der Waals surface area contributed by atoms with Crippen LogP contribution >= 0.6 is 0 Å². The minimum Gasteiger partial charge on any atom is -0.696 e. The molecule has 0 unspecified atom stereocenters. The molecule has 0 aliphatic rings. The first-order valence-electron chi connectivity index (χ1n) is 3.61. The van der Waals surface area contributed by atoms with E-state index in [0.29, 0.717) is 4.86 Å². The Morgan fingerprint density at radius 2 is 1.92 bits per heavy atom. The molecule has 0 aromatic heterocycles. The quantitative estimate of drug-likeness (QED) is 0.379. The van der Waals surface area contributed by atoms with E-state index in [2.05, 4.69) is 5.22 Å². The summed E-state index contributed by atoms with van der Waals surface area (Å²) in [5.41, 5.74) is 0.889. The number of hydroxylamine groups is 1. The number of para-hydroxylation sites is 1. The van der Waals surface area contributed by atoms with Gasteiger partial charge >= 0.3 is 0 Å². The van der Waals surface area contributed by atoms with Crippen LogP contribution in [0.3, 0.4) is 0 Å². The van der Waals surface area contributed by atoms with E-state index in [0.717, 1.165) is 5.69 Å². The van der Waals surface area contributed by atoms with Crippen molar-refractivity contribution in [1.29, 1.82) is 0 Å². The van der Waals surface area contributed by atoms with Gasteiger partial charge in [-0.25, -0.2) is 0 Å². The predicted octanol–water partition coefficient (Wildman–Crippen LogP) is 1.63. The summed E-state index contributed by atoms with van der Waals surface area (Å²) in [4.78, 5) is 0.521. The first-order chi connectivity index (χ1) is 5.70. The highest BCUT2D eigenvalue weighted by molar-refractivity contribution is 5.43. The van der Waals surface area contributed by atoms with Crippen molar-refractivity contribution in [1.82, 2.24) is 0 Å². The second kappa shape index (κ2) is 3.71. The summed E-state index contributed by atoms with van der Waals surface area (Å²) in [6.45, 7) is 0. The maximum Gasteiger partial charge on any atom is 0.149 e. The Morgan fingerprint density at radius 1 is 1.33 bits per heavy atom. The Balaban J connectivity index is 2.79. The summed E-state index contributed by atoms with van der Waals surface area (Å²) >= 11 is 0. The largest absolute Gasteiger partial charge is 0.696 e. The standard InChI is InChI=1S/C8H11N3O/c1-10(9-11(2)12)8-6-4-3-5-7-8/h3-7H,1-2H3/b11-9-. The second-order valence-electron chi connectivity index (χ2n) is 2.41. The molecular weight excluding hydrogens is 154 g/mol. The van der Waals surface area contributed by atoms with E-state index < -0.39 is 0 Å². The maximum atomic E-state index is 10.5. The molecular formula is C8H11N3O. The van der Waals surface area contributed by atoms with Gasteiger partial charge in [0.25, 0.3) is 0 Å². The van der Waals surface area contributed by atoms with Crippen LogP contribution in [0, 0.1) is 5.21 Å². The first kappa shape index (κ1) is 8.52. The molecule has 0 aliphatic heterocycles. The van der Waals surface area contributed by atoms with Crippen molar-refractivity contribution in [3.05, 3.63) is 35.5 Å². The maximum absolute atomic E-state index is 10.5. The van der Waals surface area contributed by atoms with Crippen molar-refractivity contribution in [2.45, 2.75) is 0 Å². The van der Waals surface area contributed by atoms with Crippen LogP contribution in [0.1, 0.15) is 0 Å². The van der Waals surface area contributed by atoms with E-state index in [1.807, 2.05) is 30.3 Å². The van der Waals surface area contributed by atoms with Crippen LogP contribution in [0.15, 0.2) is 35.6 Å². The molecule has 0 saturated carbocycles.